The van der Waals surface area contributed by atoms with Crippen LogP contribution in [0.4, 0.5) is 13.2 Å². The van der Waals surface area contributed by atoms with Gasteiger partial charge in [0.15, 0.2) is 0 Å². The molecule has 0 spiro atoms. The zero-order chi connectivity index (χ0) is 12.6. The fourth-order valence-electron chi connectivity index (χ4n) is 1.51. The maximum Gasteiger partial charge on any atom is 0.401 e. The Hall–Kier alpha value is 0.0400. The Bertz CT molecular complexity index is 171. The van der Waals surface area contributed by atoms with Gasteiger partial charge in [-0.25, -0.2) is 0 Å². The van der Waals surface area contributed by atoms with E-state index in [9.17, 15) is 13.2 Å². The molecule has 0 rings (SSSR count). The molecule has 0 aromatic rings. The number of nitrogens with zero attached hydrogens (tertiary/aromatic N) is 1. The molecule has 1 nitrogen and oxygen atoms in total. The zero-order valence-corrected chi connectivity index (χ0v) is 10.7. The lowest BCUT2D eigenvalue weighted by Crippen LogP contribution is -2.39. The average molecular weight is 260 g/mol. The van der Waals surface area contributed by atoms with E-state index in [4.69, 9.17) is 11.6 Å². The third-order valence-electron chi connectivity index (χ3n) is 2.44. The zero-order valence-electron chi connectivity index (χ0n) is 9.99. The molecular formula is C11H21ClF3N. The Kier molecular flexibility index (Phi) is 8.20. The largest absolute Gasteiger partial charge is 0.401 e. The molecule has 0 radical (unpaired) electrons. The van der Waals surface area contributed by atoms with Gasteiger partial charge >= 0.3 is 6.18 Å². The molecule has 0 aliphatic carbocycles. The van der Waals surface area contributed by atoms with Crippen LogP contribution < -0.4 is 0 Å². The van der Waals surface area contributed by atoms with Crippen molar-refractivity contribution in [3.63, 3.8) is 0 Å². The number of hydrogen-bond acceptors (Lipinski definition) is 1. The van der Waals surface area contributed by atoms with E-state index in [2.05, 4.69) is 0 Å². The van der Waals surface area contributed by atoms with Crippen molar-refractivity contribution in [3.05, 3.63) is 0 Å². The average Bonchev–Trinajstić information content (AvgIpc) is 2.13. The molecule has 0 saturated heterocycles. The lowest BCUT2D eigenvalue weighted by molar-refractivity contribution is -0.149. The van der Waals surface area contributed by atoms with E-state index >= 15 is 0 Å². The topological polar surface area (TPSA) is 3.24 Å². The van der Waals surface area contributed by atoms with Gasteiger partial charge in [0, 0.05) is 11.9 Å². The molecule has 0 N–H and O–H groups in total. The van der Waals surface area contributed by atoms with E-state index in [0.717, 1.165) is 25.7 Å². The van der Waals surface area contributed by atoms with E-state index < -0.39 is 12.7 Å². The Morgan fingerprint density at radius 1 is 1.06 bits per heavy atom. The summed E-state index contributed by atoms with van der Waals surface area (Å²) in [6.45, 7) is 3.30. The van der Waals surface area contributed by atoms with Crippen LogP contribution in [0.1, 0.15) is 39.5 Å². The van der Waals surface area contributed by atoms with E-state index in [1.165, 1.54) is 4.90 Å². The Morgan fingerprint density at radius 3 is 2.06 bits per heavy atom. The first kappa shape index (κ1) is 16.0. The van der Waals surface area contributed by atoms with Gasteiger partial charge in [0.05, 0.1) is 6.54 Å². The van der Waals surface area contributed by atoms with Crippen LogP contribution in [0.2, 0.25) is 0 Å². The van der Waals surface area contributed by atoms with Crippen molar-refractivity contribution >= 4 is 11.6 Å². The Morgan fingerprint density at radius 2 is 1.62 bits per heavy atom. The molecule has 16 heavy (non-hydrogen) atoms. The SMILES string of the molecule is CC(C)N(CCCCCCCl)CC(F)(F)F. The van der Waals surface area contributed by atoms with Crippen molar-refractivity contribution in [1.82, 2.24) is 4.90 Å². The highest BCUT2D eigenvalue weighted by Crippen LogP contribution is 2.18. The van der Waals surface area contributed by atoms with Crippen LogP contribution in [0.5, 0.6) is 0 Å². The minimum atomic E-state index is -4.10. The normalized spacial score (nSPS) is 12.8. The van der Waals surface area contributed by atoms with E-state index in [1.807, 2.05) is 0 Å². The van der Waals surface area contributed by atoms with Gasteiger partial charge in [-0.1, -0.05) is 12.8 Å². The number of hydrogen-bond donors (Lipinski definition) is 0. The van der Waals surface area contributed by atoms with Gasteiger partial charge < -0.3 is 0 Å². The summed E-state index contributed by atoms with van der Waals surface area (Å²) in [7, 11) is 0. The summed E-state index contributed by atoms with van der Waals surface area (Å²) in [5.74, 6) is 0.635. The van der Waals surface area contributed by atoms with Gasteiger partial charge in [-0.2, -0.15) is 13.2 Å². The fraction of sp³-hybridized carbons (Fsp3) is 1.00. The highest BCUT2D eigenvalue weighted by atomic mass is 35.5. The van der Waals surface area contributed by atoms with Crippen molar-refractivity contribution in [2.75, 3.05) is 19.0 Å². The summed E-state index contributed by atoms with van der Waals surface area (Å²) < 4.78 is 36.7. The Labute approximate surface area is 101 Å². The number of halogens is 4. The maximum atomic E-state index is 12.2. The molecule has 98 valence electrons. The minimum Gasteiger partial charge on any atom is -0.293 e. The summed E-state index contributed by atoms with van der Waals surface area (Å²) in [4.78, 5) is 1.47. The molecule has 0 saturated carbocycles. The second-order valence-electron chi connectivity index (χ2n) is 4.28. The Balaban J connectivity index is 3.78. The second-order valence-corrected chi connectivity index (χ2v) is 4.66. The molecule has 0 aromatic carbocycles. The van der Waals surface area contributed by atoms with Gasteiger partial charge in [0.25, 0.3) is 0 Å². The van der Waals surface area contributed by atoms with Crippen LogP contribution in [-0.2, 0) is 0 Å². The van der Waals surface area contributed by atoms with Gasteiger partial charge in [-0.3, -0.25) is 4.90 Å². The molecular weight excluding hydrogens is 239 g/mol. The van der Waals surface area contributed by atoms with E-state index in [0.29, 0.717) is 12.4 Å². The van der Waals surface area contributed by atoms with Crippen molar-refractivity contribution in [2.45, 2.75) is 51.7 Å². The molecule has 0 heterocycles. The monoisotopic (exact) mass is 259 g/mol. The first-order chi connectivity index (χ1) is 7.37. The molecule has 0 fully saturated rings. The van der Waals surface area contributed by atoms with Gasteiger partial charge in [0.1, 0.15) is 0 Å². The molecule has 0 bridgehead atoms. The van der Waals surface area contributed by atoms with Crippen LogP contribution in [0.3, 0.4) is 0 Å². The predicted octanol–water partition coefficient (Wildman–Crippen LogP) is 4.06. The molecule has 0 atom stereocenters. The summed E-state index contributed by atoms with van der Waals surface area (Å²) in [6.07, 6.45) is -0.386. The minimum absolute atomic E-state index is 0.0605. The highest BCUT2D eigenvalue weighted by molar-refractivity contribution is 6.17. The second kappa shape index (κ2) is 8.18. The smallest absolute Gasteiger partial charge is 0.293 e. The van der Waals surface area contributed by atoms with Crippen LogP contribution in [0.25, 0.3) is 0 Å². The third-order valence-corrected chi connectivity index (χ3v) is 2.71. The first-order valence-corrected chi connectivity index (χ1v) is 6.27. The van der Waals surface area contributed by atoms with Crippen LogP contribution in [0.15, 0.2) is 0 Å². The lowest BCUT2D eigenvalue weighted by Gasteiger charge is -2.27. The van der Waals surface area contributed by atoms with Crippen molar-refractivity contribution in [3.8, 4) is 0 Å². The van der Waals surface area contributed by atoms with Gasteiger partial charge in [-0.05, 0) is 33.2 Å². The van der Waals surface area contributed by atoms with Gasteiger partial charge in [0.2, 0.25) is 0 Å². The van der Waals surface area contributed by atoms with Crippen LogP contribution >= 0.6 is 11.6 Å². The molecule has 0 amide bonds. The van der Waals surface area contributed by atoms with Crippen LogP contribution in [0, 0.1) is 0 Å². The molecule has 5 heteroatoms. The van der Waals surface area contributed by atoms with E-state index in [-0.39, 0.29) is 6.04 Å². The molecule has 0 aliphatic rings. The summed E-state index contributed by atoms with van der Waals surface area (Å²) in [5.41, 5.74) is 0. The summed E-state index contributed by atoms with van der Waals surface area (Å²) in [5, 5.41) is 0. The molecule has 0 aliphatic heterocycles. The van der Waals surface area contributed by atoms with Crippen LogP contribution in [-0.4, -0.2) is 36.1 Å². The first-order valence-electron chi connectivity index (χ1n) is 5.73. The number of alkyl halides is 4. The number of unbranched alkanes of at least 4 members (excludes halogenated alkanes) is 3. The number of rotatable bonds is 8. The molecule has 0 aromatic heterocycles. The standard InChI is InChI=1S/C11H21ClF3N/c1-10(2)16(9-11(13,14)15)8-6-4-3-5-7-12/h10H,3-9H2,1-2H3. The predicted molar refractivity (Wildman–Crippen MR) is 62.0 cm³/mol. The van der Waals surface area contributed by atoms with Crippen molar-refractivity contribution in [1.29, 1.82) is 0 Å². The highest BCUT2D eigenvalue weighted by Gasteiger charge is 2.31. The van der Waals surface area contributed by atoms with Gasteiger partial charge in [-0.15, -0.1) is 11.6 Å². The van der Waals surface area contributed by atoms with E-state index in [1.54, 1.807) is 13.8 Å². The third kappa shape index (κ3) is 9.28. The lowest BCUT2D eigenvalue weighted by atomic mass is 10.2. The summed E-state index contributed by atoms with van der Waals surface area (Å²) >= 11 is 5.52. The summed E-state index contributed by atoms with van der Waals surface area (Å²) in [6, 6.07) is -0.0605. The fourth-order valence-corrected chi connectivity index (χ4v) is 1.70. The van der Waals surface area contributed by atoms with Crippen molar-refractivity contribution in [2.24, 2.45) is 0 Å². The quantitative estimate of drug-likeness (QED) is 0.469. The maximum absolute atomic E-state index is 12.2. The molecule has 0 unspecified atom stereocenters. The van der Waals surface area contributed by atoms with Crippen molar-refractivity contribution < 1.29 is 13.2 Å².